The minimum Gasteiger partial charge on any atom is -0.349 e. The van der Waals surface area contributed by atoms with E-state index in [9.17, 15) is 18.0 Å². The lowest BCUT2D eigenvalue weighted by Gasteiger charge is -2.34. The number of carbonyl (C=O) groups excluding carboxylic acids is 1. The minimum atomic E-state index is -0.718. The van der Waals surface area contributed by atoms with Crippen LogP contribution in [0.2, 0.25) is 0 Å². The zero-order valence-corrected chi connectivity index (χ0v) is 15.2. The standard InChI is InChI=1S/C19H18F3N3OS/c20-12-5-6-17(16(22)11-12)24-19(27)25-9-7-13(8-10-25)23-18(26)14-3-1-2-4-15(14)21/h1-6,11,13H,7-10H2,(H,23,26)(H,24,27). The van der Waals surface area contributed by atoms with Gasteiger partial charge < -0.3 is 15.5 Å². The van der Waals surface area contributed by atoms with E-state index in [-0.39, 0.29) is 17.3 Å². The summed E-state index contributed by atoms with van der Waals surface area (Å²) >= 11 is 5.29. The van der Waals surface area contributed by atoms with Gasteiger partial charge in [0.25, 0.3) is 5.91 Å². The van der Waals surface area contributed by atoms with Crippen molar-refractivity contribution in [1.29, 1.82) is 0 Å². The Labute approximate surface area is 160 Å². The minimum absolute atomic E-state index is 0.0175. The first-order chi connectivity index (χ1) is 12.9. The molecule has 0 atom stereocenters. The summed E-state index contributed by atoms with van der Waals surface area (Å²) in [6, 6.07) is 8.96. The van der Waals surface area contributed by atoms with Gasteiger partial charge in [-0.15, -0.1) is 0 Å². The number of rotatable bonds is 3. The summed E-state index contributed by atoms with van der Waals surface area (Å²) in [5.74, 6) is -2.38. The number of benzene rings is 2. The molecule has 3 rings (SSSR count). The molecule has 0 unspecified atom stereocenters. The molecule has 1 aliphatic heterocycles. The molecule has 0 bridgehead atoms. The van der Waals surface area contributed by atoms with Crippen molar-refractivity contribution in [3.05, 3.63) is 65.5 Å². The molecule has 0 aliphatic carbocycles. The van der Waals surface area contributed by atoms with Crippen molar-refractivity contribution in [2.24, 2.45) is 0 Å². The molecular formula is C19H18F3N3OS. The average molecular weight is 393 g/mol. The summed E-state index contributed by atoms with van der Waals surface area (Å²) in [4.78, 5) is 14.0. The first-order valence-corrected chi connectivity index (χ1v) is 8.91. The van der Waals surface area contributed by atoms with Crippen molar-refractivity contribution in [2.45, 2.75) is 18.9 Å². The first-order valence-electron chi connectivity index (χ1n) is 8.50. The fourth-order valence-electron chi connectivity index (χ4n) is 2.92. The zero-order valence-electron chi connectivity index (χ0n) is 14.3. The van der Waals surface area contributed by atoms with Crippen LogP contribution in [0.15, 0.2) is 42.5 Å². The molecule has 0 saturated carbocycles. The number of piperidine rings is 1. The van der Waals surface area contributed by atoms with Crippen molar-refractivity contribution in [3.8, 4) is 0 Å². The highest BCUT2D eigenvalue weighted by molar-refractivity contribution is 7.80. The van der Waals surface area contributed by atoms with Crippen LogP contribution in [0, 0.1) is 17.5 Å². The zero-order chi connectivity index (χ0) is 19.4. The van der Waals surface area contributed by atoms with Crippen molar-refractivity contribution >= 4 is 28.9 Å². The summed E-state index contributed by atoms with van der Waals surface area (Å²) in [5, 5.41) is 5.94. The van der Waals surface area contributed by atoms with E-state index in [4.69, 9.17) is 12.2 Å². The van der Waals surface area contributed by atoms with Gasteiger partial charge in [-0.2, -0.15) is 0 Å². The highest BCUT2D eigenvalue weighted by Gasteiger charge is 2.23. The van der Waals surface area contributed by atoms with E-state index in [1.165, 1.54) is 24.3 Å². The first kappa shape index (κ1) is 19.2. The van der Waals surface area contributed by atoms with Crippen LogP contribution in [-0.2, 0) is 0 Å². The van der Waals surface area contributed by atoms with E-state index in [0.717, 1.165) is 12.1 Å². The van der Waals surface area contributed by atoms with E-state index in [0.29, 0.717) is 31.0 Å². The fourth-order valence-corrected chi connectivity index (χ4v) is 3.21. The number of carbonyl (C=O) groups is 1. The number of thiocarbonyl (C=S) groups is 1. The third kappa shape index (κ3) is 4.77. The number of hydrogen-bond donors (Lipinski definition) is 2. The quantitative estimate of drug-likeness (QED) is 0.781. The van der Waals surface area contributed by atoms with Gasteiger partial charge in [-0.3, -0.25) is 4.79 Å². The van der Waals surface area contributed by atoms with Gasteiger partial charge in [0.15, 0.2) is 5.11 Å². The van der Waals surface area contributed by atoms with Gasteiger partial charge in [0.05, 0.1) is 11.3 Å². The van der Waals surface area contributed by atoms with Crippen molar-refractivity contribution in [3.63, 3.8) is 0 Å². The molecule has 1 saturated heterocycles. The molecular weight excluding hydrogens is 375 g/mol. The highest BCUT2D eigenvalue weighted by atomic mass is 32.1. The van der Waals surface area contributed by atoms with E-state index in [1.807, 2.05) is 4.90 Å². The SMILES string of the molecule is O=C(NC1CCN(C(=S)Nc2ccc(F)cc2F)CC1)c1ccccc1F. The van der Waals surface area contributed by atoms with Crippen LogP contribution < -0.4 is 10.6 Å². The maximum absolute atomic E-state index is 13.7. The summed E-state index contributed by atoms with van der Waals surface area (Å²) in [6.45, 7) is 1.10. The monoisotopic (exact) mass is 393 g/mol. The van der Waals surface area contributed by atoms with Gasteiger partial charge in [0.2, 0.25) is 0 Å². The Bertz CT molecular complexity index is 854. The Morgan fingerprint density at radius 1 is 1.04 bits per heavy atom. The predicted octanol–water partition coefficient (Wildman–Crippen LogP) is 3.70. The normalized spacial score (nSPS) is 14.7. The molecule has 1 heterocycles. The van der Waals surface area contributed by atoms with E-state index in [1.54, 1.807) is 6.07 Å². The lowest BCUT2D eigenvalue weighted by atomic mass is 10.0. The van der Waals surface area contributed by atoms with E-state index >= 15 is 0 Å². The van der Waals surface area contributed by atoms with Crippen LogP contribution >= 0.6 is 12.2 Å². The lowest BCUT2D eigenvalue weighted by Crippen LogP contribution is -2.47. The van der Waals surface area contributed by atoms with Crippen molar-refractivity contribution < 1.29 is 18.0 Å². The Morgan fingerprint density at radius 2 is 1.74 bits per heavy atom. The third-order valence-corrected chi connectivity index (χ3v) is 4.77. The molecule has 0 spiro atoms. The Balaban J connectivity index is 1.52. The van der Waals surface area contributed by atoms with Crippen LogP contribution in [0.1, 0.15) is 23.2 Å². The van der Waals surface area contributed by atoms with Crippen molar-refractivity contribution in [2.75, 3.05) is 18.4 Å². The molecule has 0 radical (unpaired) electrons. The van der Waals surface area contributed by atoms with Crippen LogP contribution in [-0.4, -0.2) is 35.1 Å². The van der Waals surface area contributed by atoms with Gasteiger partial charge in [0.1, 0.15) is 17.5 Å². The van der Waals surface area contributed by atoms with Gasteiger partial charge in [-0.1, -0.05) is 12.1 Å². The molecule has 4 nitrogen and oxygen atoms in total. The molecule has 0 aromatic heterocycles. The van der Waals surface area contributed by atoms with Crippen LogP contribution in [0.5, 0.6) is 0 Å². The number of amides is 1. The van der Waals surface area contributed by atoms with E-state index < -0.39 is 23.4 Å². The van der Waals surface area contributed by atoms with Gasteiger partial charge in [-0.05, 0) is 49.3 Å². The Kier molecular flexibility index (Phi) is 5.95. The second kappa shape index (κ2) is 8.39. The van der Waals surface area contributed by atoms with Gasteiger partial charge in [-0.25, -0.2) is 13.2 Å². The number of halogens is 3. The molecule has 142 valence electrons. The van der Waals surface area contributed by atoms with Crippen molar-refractivity contribution in [1.82, 2.24) is 10.2 Å². The number of likely N-dealkylation sites (tertiary alicyclic amines) is 1. The summed E-state index contributed by atoms with van der Waals surface area (Å²) in [6.07, 6.45) is 1.24. The topological polar surface area (TPSA) is 44.4 Å². The summed E-state index contributed by atoms with van der Waals surface area (Å²) < 4.78 is 40.4. The second-order valence-corrected chi connectivity index (χ2v) is 6.66. The number of nitrogens with zero attached hydrogens (tertiary/aromatic N) is 1. The van der Waals surface area contributed by atoms with Crippen LogP contribution in [0.25, 0.3) is 0 Å². The third-order valence-electron chi connectivity index (χ3n) is 4.41. The highest BCUT2D eigenvalue weighted by Crippen LogP contribution is 2.18. The average Bonchev–Trinajstić information content (AvgIpc) is 2.65. The van der Waals surface area contributed by atoms with Crippen LogP contribution in [0.4, 0.5) is 18.9 Å². The molecule has 1 aliphatic rings. The summed E-state index contributed by atoms with van der Waals surface area (Å²) in [7, 11) is 0. The molecule has 27 heavy (non-hydrogen) atoms. The number of hydrogen-bond acceptors (Lipinski definition) is 2. The van der Waals surface area contributed by atoms with E-state index in [2.05, 4.69) is 10.6 Å². The molecule has 2 N–H and O–H groups in total. The largest absolute Gasteiger partial charge is 0.349 e. The molecule has 1 amide bonds. The Hall–Kier alpha value is -2.61. The van der Waals surface area contributed by atoms with Crippen LogP contribution in [0.3, 0.4) is 0 Å². The number of anilines is 1. The summed E-state index contributed by atoms with van der Waals surface area (Å²) in [5.41, 5.74) is 0.125. The molecule has 1 fully saturated rings. The number of nitrogens with one attached hydrogen (secondary N) is 2. The smallest absolute Gasteiger partial charge is 0.254 e. The maximum atomic E-state index is 13.7. The maximum Gasteiger partial charge on any atom is 0.254 e. The van der Waals surface area contributed by atoms with Gasteiger partial charge in [0, 0.05) is 25.2 Å². The molecule has 2 aromatic rings. The van der Waals surface area contributed by atoms with Gasteiger partial charge >= 0.3 is 0 Å². The molecule has 2 aromatic carbocycles. The molecule has 8 heteroatoms. The predicted molar refractivity (Wildman–Crippen MR) is 101 cm³/mol. The second-order valence-electron chi connectivity index (χ2n) is 6.27. The lowest BCUT2D eigenvalue weighted by molar-refractivity contribution is 0.0918. The Morgan fingerprint density at radius 3 is 2.41 bits per heavy atom. The fraction of sp³-hybridized carbons (Fsp3) is 0.263.